The monoisotopic (exact) mass is 287 g/mol. The van der Waals surface area contributed by atoms with E-state index in [4.69, 9.17) is 4.74 Å². The number of hydrogen-bond donors (Lipinski definition) is 0. The first-order valence-electron chi connectivity index (χ1n) is 6.76. The molecule has 0 aliphatic heterocycles. The number of pyridine rings is 1. The molecule has 0 spiro atoms. The van der Waals surface area contributed by atoms with Crippen molar-refractivity contribution in [3.8, 4) is 0 Å². The number of carbonyl (C=O) groups excluding carboxylic acids is 1. The fourth-order valence-corrected chi connectivity index (χ4v) is 1.96. The number of esters is 1. The third kappa shape index (κ3) is 3.28. The molecule has 0 N–H and O–H groups in total. The zero-order valence-corrected chi connectivity index (χ0v) is 12.0. The van der Waals surface area contributed by atoms with Crippen LogP contribution >= 0.6 is 0 Å². The average Bonchev–Trinajstić information content (AvgIpc) is 2.93. The van der Waals surface area contributed by atoms with Gasteiger partial charge < -0.3 is 9.94 Å². The van der Waals surface area contributed by atoms with Gasteiger partial charge in [0.1, 0.15) is 5.56 Å². The molecule has 0 fully saturated rings. The van der Waals surface area contributed by atoms with E-state index in [1.807, 2.05) is 13.0 Å². The van der Waals surface area contributed by atoms with Gasteiger partial charge in [-0.2, -0.15) is 9.83 Å². The van der Waals surface area contributed by atoms with Crippen LogP contribution in [0.25, 0.3) is 12.2 Å². The Labute approximate surface area is 122 Å². The molecule has 0 bridgehead atoms. The SMILES string of the molecule is CCOC(=O)c1ccc[n+]([O-])c1C=Cc1ccnn1CC. The third-order valence-corrected chi connectivity index (χ3v) is 2.95. The van der Waals surface area contributed by atoms with Crippen LogP contribution in [-0.4, -0.2) is 22.4 Å². The molecular weight excluding hydrogens is 270 g/mol. The predicted molar refractivity (Wildman–Crippen MR) is 78.2 cm³/mol. The second-order valence-electron chi connectivity index (χ2n) is 4.26. The molecular formula is C15H17N3O3. The molecule has 110 valence electrons. The largest absolute Gasteiger partial charge is 0.618 e. The van der Waals surface area contributed by atoms with Gasteiger partial charge in [0, 0.05) is 24.9 Å². The standard InChI is InChI=1S/C15H17N3O3/c1-3-17-12(9-10-16-17)7-8-14-13(15(19)21-4-2)6-5-11-18(14)20/h5-11H,3-4H2,1-2H3. The van der Waals surface area contributed by atoms with Gasteiger partial charge in [0.05, 0.1) is 12.3 Å². The fraction of sp³-hybridized carbons (Fsp3) is 0.267. The van der Waals surface area contributed by atoms with Gasteiger partial charge in [0.25, 0.3) is 0 Å². The number of aryl methyl sites for hydroxylation is 1. The van der Waals surface area contributed by atoms with Gasteiger partial charge >= 0.3 is 5.97 Å². The van der Waals surface area contributed by atoms with Crippen LogP contribution in [0.5, 0.6) is 0 Å². The zero-order chi connectivity index (χ0) is 15.2. The van der Waals surface area contributed by atoms with Gasteiger partial charge in [-0.3, -0.25) is 4.68 Å². The molecule has 21 heavy (non-hydrogen) atoms. The van der Waals surface area contributed by atoms with Crippen molar-refractivity contribution in [2.24, 2.45) is 0 Å². The van der Waals surface area contributed by atoms with Crippen molar-refractivity contribution in [2.45, 2.75) is 20.4 Å². The number of carbonyl (C=O) groups is 1. The summed E-state index contributed by atoms with van der Waals surface area (Å²) in [6.45, 7) is 4.69. The van der Waals surface area contributed by atoms with E-state index in [1.54, 1.807) is 36.0 Å². The van der Waals surface area contributed by atoms with Crippen LogP contribution in [0, 0.1) is 5.21 Å². The summed E-state index contributed by atoms with van der Waals surface area (Å²) < 4.78 is 7.40. The molecule has 0 atom stereocenters. The van der Waals surface area contributed by atoms with Crippen molar-refractivity contribution in [1.82, 2.24) is 9.78 Å². The number of ether oxygens (including phenoxy) is 1. The third-order valence-electron chi connectivity index (χ3n) is 2.95. The molecule has 0 aliphatic rings. The first kappa shape index (κ1) is 14.8. The molecule has 0 saturated carbocycles. The highest BCUT2D eigenvalue weighted by Crippen LogP contribution is 2.11. The summed E-state index contributed by atoms with van der Waals surface area (Å²) in [6.07, 6.45) is 6.39. The molecule has 2 aromatic rings. The van der Waals surface area contributed by atoms with E-state index in [0.717, 1.165) is 12.2 Å². The van der Waals surface area contributed by atoms with E-state index in [2.05, 4.69) is 5.10 Å². The minimum absolute atomic E-state index is 0.244. The van der Waals surface area contributed by atoms with Crippen LogP contribution in [0.4, 0.5) is 0 Å². The Hall–Kier alpha value is -2.63. The number of aromatic nitrogens is 3. The lowest BCUT2D eigenvalue weighted by molar-refractivity contribution is -0.607. The van der Waals surface area contributed by atoms with Gasteiger partial charge in [0.15, 0.2) is 6.20 Å². The molecule has 2 rings (SSSR count). The predicted octanol–water partition coefficient (Wildman–Crippen LogP) is 1.88. The maximum Gasteiger partial charge on any atom is 0.344 e. The topological polar surface area (TPSA) is 71.1 Å². The Kier molecular flexibility index (Phi) is 4.71. The summed E-state index contributed by atoms with van der Waals surface area (Å²) in [7, 11) is 0. The van der Waals surface area contributed by atoms with Gasteiger partial charge in [-0.25, -0.2) is 4.79 Å². The smallest absolute Gasteiger partial charge is 0.344 e. The van der Waals surface area contributed by atoms with Crippen LogP contribution in [-0.2, 0) is 11.3 Å². The van der Waals surface area contributed by atoms with E-state index in [-0.39, 0.29) is 17.9 Å². The molecule has 0 unspecified atom stereocenters. The Morgan fingerprint density at radius 2 is 2.24 bits per heavy atom. The van der Waals surface area contributed by atoms with E-state index >= 15 is 0 Å². The maximum atomic E-state index is 11.9. The van der Waals surface area contributed by atoms with Crippen LogP contribution < -0.4 is 4.73 Å². The van der Waals surface area contributed by atoms with Gasteiger partial charge in [-0.05, 0) is 32.1 Å². The molecule has 6 nitrogen and oxygen atoms in total. The van der Waals surface area contributed by atoms with Crippen molar-refractivity contribution in [1.29, 1.82) is 0 Å². The maximum absolute atomic E-state index is 11.9. The van der Waals surface area contributed by atoms with E-state index in [1.165, 1.54) is 12.3 Å². The zero-order valence-electron chi connectivity index (χ0n) is 12.0. The molecule has 6 heteroatoms. The summed E-state index contributed by atoms with van der Waals surface area (Å²) in [5.41, 5.74) is 1.35. The Morgan fingerprint density at radius 3 is 2.95 bits per heavy atom. The van der Waals surface area contributed by atoms with Crippen molar-refractivity contribution >= 4 is 18.1 Å². The number of nitrogens with zero attached hydrogens (tertiary/aromatic N) is 3. The Morgan fingerprint density at radius 1 is 1.43 bits per heavy atom. The molecule has 2 heterocycles. The lowest BCUT2D eigenvalue weighted by Crippen LogP contribution is -2.31. The van der Waals surface area contributed by atoms with Crippen LogP contribution in [0.3, 0.4) is 0 Å². The van der Waals surface area contributed by atoms with E-state index in [0.29, 0.717) is 4.73 Å². The minimum atomic E-state index is -0.508. The van der Waals surface area contributed by atoms with Crippen LogP contribution in [0.1, 0.15) is 35.6 Å². The summed E-state index contributed by atoms with van der Waals surface area (Å²) in [6, 6.07) is 4.93. The molecule has 0 saturated heterocycles. The quantitative estimate of drug-likeness (QED) is 0.478. The second kappa shape index (κ2) is 6.69. The van der Waals surface area contributed by atoms with Crippen molar-refractivity contribution in [3.05, 3.63) is 52.8 Å². The van der Waals surface area contributed by atoms with Crippen molar-refractivity contribution < 1.29 is 14.3 Å². The number of hydrogen-bond acceptors (Lipinski definition) is 4. The van der Waals surface area contributed by atoms with Crippen molar-refractivity contribution in [3.63, 3.8) is 0 Å². The summed E-state index contributed by atoms with van der Waals surface area (Å²) >= 11 is 0. The lowest BCUT2D eigenvalue weighted by Gasteiger charge is -2.06. The molecule has 0 radical (unpaired) electrons. The molecule has 0 amide bonds. The first-order chi connectivity index (χ1) is 10.2. The molecule has 0 aliphatic carbocycles. The Balaban J connectivity index is 2.37. The first-order valence-corrected chi connectivity index (χ1v) is 6.76. The van der Waals surface area contributed by atoms with Crippen LogP contribution in [0.2, 0.25) is 0 Å². The van der Waals surface area contributed by atoms with E-state index < -0.39 is 5.97 Å². The minimum Gasteiger partial charge on any atom is -0.618 e. The second-order valence-corrected chi connectivity index (χ2v) is 4.26. The molecule has 0 aromatic carbocycles. The van der Waals surface area contributed by atoms with Crippen molar-refractivity contribution in [2.75, 3.05) is 6.61 Å². The van der Waals surface area contributed by atoms with Gasteiger partial charge in [0.2, 0.25) is 5.69 Å². The highest BCUT2D eigenvalue weighted by atomic mass is 16.5. The summed E-state index contributed by atoms with van der Waals surface area (Å²) in [5, 5.41) is 16.0. The lowest BCUT2D eigenvalue weighted by atomic mass is 10.1. The van der Waals surface area contributed by atoms with Gasteiger partial charge in [-0.15, -0.1) is 0 Å². The fourth-order valence-electron chi connectivity index (χ4n) is 1.96. The Bertz CT molecular complexity index is 662. The highest BCUT2D eigenvalue weighted by Gasteiger charge is 2.17. The highest BCUT2D eigenvalue weighted by molar-refractivity contribution is 5.93. The van der Waals surface area contributed by atoms with Gasteiger partial charge in [-0.1, -0.05) is 0 Å². The summed E-state index contributed by atoms with van der Waals surface area (Å²) in [4.78, 5) is 11.9. The van der Waals surface area contributed by atoms with E-state index in [9.17, 15) is 10.0 Å². The average molecular weight is 287 g/mol. The van der Waals surface area contributed by atoms with Crippen LogP contribution in [0.15, 0.2) is 30.6 Å². The number of rotatable bonds is 5. The summed E-state index contributed by atoms with van der Waals surface area (Å²) in [5.74, 6) is -0.508. The normalized spacial score (nSPS) is 11.0. The molecule has 2 aromatic heterocycles.